The molecule has 4 heterocycles. The number of likely N-dealkylation sites (tertiary alicyclic amines) is 1. The number of nitrogens with zero attached hydrogens (tertiary/aromatic N) is 3. The molecule has 1 aliphatic carbocycles. The molecule has 0 bridgehead atoms. The number of pyridine rings is 2. The van der Waals surface area contributed by atoms with Crippen molar-refractivity contribution >= 4 is 51.9 Å². The average molecular weight is 512 g/mol. The zero-order chi connectivity index (χ0) is 25.2. The molecule has 10 nitrogen and oxygen atoms in total. The maximum Gasteiger partial charge on any atom is 0.294 e. The van der Waals surface area contributed by atoms with Crippen molar-refractivity contribution in [3.05, 3.63) is 41.2 Å². The van der Waals surface area contributed by atoms with Crippen molar-refractivity contribution in [2.75, 3.05) is 24.3 Å². The number of furan rings is 1. The zero-order valence-corrected chi connectivity index (χ0v) is 20.5. The van der Waals surface area contributed by atoms with Crippen LogP contribution >= 0.6 is 11.6 Å². The summed E-state index contributed by atoms with van der Waals surface area (Å²) in [5.41, 5.74) is 0.821. The molecular weight excluding hydrogens is 486 g/mol. The Hall–Kier alpha value is -3.66. The van der Waals surface area contributed by atoms with Crippen LogP contribution in [0, 0.1) is 5.92 Å². The summed E-state index contributed by atoms with van der Waals surface area (Å²) in [7, 11) is 1.48. The molecule has 188 valence electrons. The number of anilines is 2. The normalized spacial score (nSPS) is 19.9. The number of ether oxygens (including phenoxy) is 1. The van der Waals surface area contributed by atoms with Gasteiger partial charge in [-0.25, -0.2) is 9.97 Å². The number of fused-ring (bicyclic) bond motifs is 1. The molecule has 0 unspecified atom stereocenters. The van der Waals surface area contributed by atoms with Crippen molar-refractivity contribution in [3.63, 3.8) is 0 Å². The van der Waals surface area contributed by atoms with Crippen LogP contribution in [0.3, 0.4) is 0 Å². The molecule has 2 aliphatic rings. The second kappa shape index (κ2) is 10.1. The molecule has 2 N–H and O–H groups in total. The highest BCUT2D eigenvalue weighted by Crippen LogP contribution is 2.35. The molecule has 0 radical (unpaired) electrons. The van der Waals surface area contributed by atoms with Gasteiger partial charge in [-0.05, 0) is 50.3 Å². The third kappa shape index (κ3) is 4.86. The monoisotopic (exact) mass is 511 g/mol. The first kappa shape index (κ1) is 24.1. The van der Waals surface area contributed by atoms with E-state index < -0.39 is 5.91 Å². The lowest BCUT2D eigenvalue weighted by Crippen LogP contribution is -2.40. The topological polar surface area (TPSA) is 127 Å². The van der Waals surface area contributed by atoms with E-state index >= 15 is 0 Å². The van der Waals surface area contributed by atoms with Crippen LogP contribution in [0.25, 0.3) is 11.1 Å². The van der Waals surface area contributed by atoms with Gasteiger partial charge in [-0.2, -0.15) is 0 Å². The quantitative estimate of drug-likeness (QED) is 0.506. The van der Waals surface area contributed by atoms with Gasteiger partial charge in [-0.3, -0.25) is 14.4 Å². The molecule has 2 fully saturated rings. The second-order valence-electron chi connectivity index (χ2n) is 9.01. The maximum absolute atomic E-state index is 13.3. The number of rotatable bonds is 6. The van der Waals surface area contributed by atoms with Crippen LogP contribution in [0.1, 0.15) is 49.1 Å². The summed E-state index contributed by atoms with van der Waals surface area (Å²) in [5, 5.41) is 5.98. The van der Waals surface area contributed by atoms with Gasteiger partial charge >= 0.3 is 0 Å². The Morgan fingerprint density at radius 2 is 1.94 bits per heavy atom. The largest absolute Gasteiger partial charge is 0.481 e. The first-order chi connectivity index (χ1) is 17.4. The molecular formula is C25H26ClN5O5. The molecule has 3 amide bonds. The zero-order valence-electron chi connectivity index (χ0n) is 19.8. The molecule has 3 aromatic rings. The van der Waals surface area contributed by atoms with E-state index in [1.165, 1.54) is 13.3 Å². The third-order valence-corrected chi connectivity index (χ3v) is 6.98. The molecule has 0 spiro atoms. The van der Waals surface area contributed by atoms with Crippen molar-refractivity contribution < 1.29 is 23.5 Å². The van der Waals surface area contributed by atoms with Crippen LogP contribution in [0.2, 0.25) is 5.02 Å². The molecule has 0 atom stereocenters. The summed E-state index contributed by atoms with van der Waals surface area (Å²) in [6.45, 7) is 0.801. The minimum Gasteiger partial charge on any atom is -0.481 e. The van der Waals surface area contributed by atoms with E-state index in [0.717, 1.165) is 25.8 Å². The summed E-state index contributed by atoms with van der Waals surface area (Å²) < 4.78 is 11.0. The average Bonchev–Trinajstić information content (AvgIpc) is 3.48. The van der Waals surface area contributed by atoms with Gasteiger partial charge in [0.15, 0.2) is 5.58 Å². The highest BCUT2D eigenvalue weighted by atomic mass is 35.5. The Labute approximate surface area is 212 Å². The van der Waals surface area contributed by atoms with E-state index in [1.54, 1.807) is 24.3 Å². The Bertz CT molecular complexity index is 1300. The van der Waals surface area contributed by atoms with Gasteiger partial charge < -0.3 is 24.7 Å². The number of hydrogen-bond donors (Lipinski definition) is 2. The predicted octanol–water partition coefficient (Wildman–Crippen LogP) is 4.26. The highest BCUT2D eigenvalue weighted by molar-refractivity contribution is 6.30. The highest BCUT2D eigenvalue weighted by Gasteiger charge is 2.34. The van der Waals surface area contributed by atoms with Crippen LogP contribution in [0.5, 0.6) is 5.88 Å². The number of carbonyl (C=O) groups excluding carboxylic acids is 3. The van der Waals surface area contributed by atoms with Crippen molar-refractivity contribution in [1.29, 1.82) is 0 Å². The predicted molar refractivity (Wildman–Crippen MR) is 133 cm³/mol. The van der Waals surface area contributed by atoms with Gasteiger partial charge in [0, 0.05) is 37.2 Å². The first-order valence-electron chi connectivity index (χ1n) is 11.9. The van der Waals surface area contributed by atoms with Crippen molar-refractivity contribution in [3.8, 4) is 5.88 Å². The Morgan fingerprint density at radius 1 is 1.14 bits per heavy atom. The minimum absolute atomic E-state index is 0.0906. The number of aromatic nitrogens is 2. The van der Waals surface area contributed by atoms with E-state index in [2.05, 4.69) is 20.6 Å². The first-order valence-corrected chi connectivity index (χ1v) is 12.3. The summed E-state index contributed by atoms with van der Waals surface area (Å²) in [5.74, 6) is -0.335. The Kier molecular flexibility index (Phi) is 6.77. The van der Waals surface area contributed by atoms with Crippen LogP contribution in [0.4, 0.5) is 11.5 Å². The van der Waals surface area contributed by atoms with E-state index in [0.29, 0.717) is 41.3 Å². The molecule has 1 aliphatic heterocycles. The standard InChI is InChI=1S/C25H26ClN5O5/c1-35-19-11-9-17-21(29-19)22(23(36-17)25(34)28-18-10-6-15(26)13-27-18)30-24(33)14-4-7-16(8-5-14)31-12-2-3-20(31)32/h6,9-11,13-14,16H,2-5,7-8,12H2,1H3,(H,30,33)(H,27,28,34). The number of amides is 3. The molecule has 11 heteroatoms. The fraction of sp³-hybridized carbons (Fsp3) is 0.400. The summed E-state index contributed by atoms with van der Waals surface area (Å²) >= 11 is 5.88. The van der Waals surface area contributed by atoms with Gasteiger partial charge in [0.25, 0.3) is 5.91 Å². The fourth-order valence-electron chi connectivity index (χ4n) is 4.90. The lowest BCUT2D eigenvalue weighted by molar-refractivity contribution is -0.130. The number of carbonyl (C=O) groups is 3. The number of hydrogen-bond acceptors (Lipinski definition) is 7. The van der Waals surface area contributed by atoms with Crippen LogP contribution in [-0.4, -0.2) is 52.3 Å². The minimum atomic E-state index is -0.589. The summed E-state index contributed by atoms with van der Waals surface area (Å²) in [6, 6.07) is 6.60. The van der Waals surface area contributed by atoms with E-state index in [4.69, 9.17) is 20.8 Å². The Balaban J connectivity index is 1.36. The van der Waals surface area contributed by atoms with Crippen molar-refractivity contribution in [2.24, 2.45) is 5.92 Å². The third-order valence-electron chi connectivity index (χ3n) is 6.76. The lowest BCUT2D eigenvalue weighted by Gasteiger charge is -2.34. The molecule has 36 heavy (non-hydrogen) atoms. The molecule has 3 aromatic heterocycles. The second-order valence-corrected chi connectivity index (χ2v) is 9.44. The number of halogens is 1. The van der Waals surface area contributed by atoms with E-state index in [-0.39, 0.29) is 41.0 Å². The molecule has 0 aromatic carbocycles. The van der Waals surface area contributed by atoms with Crippen molar-refractivity contribution in [2.45, 2.75) is 44.6 Å². The summed E-state index contributed by atoms with van der Waals surface area (Å²) in [4.78, 5) is 48.9. The van der Waals surface area contributed by atoms with Gasteiger partial charge in [-0.15, -0.1) is 0 Å². The van der Waals surface area contributed by atoms with Gasteiger partial charge in [0.05, 0.1) is 12.1 Å². The van der Waals surface area contributed by atoms with Crippen LogP contribution in [0.15, 0.2) is 34.9 Å². The van der Waals surface area contributed by atoms with Crippen molar-refractivity contribution in [1.82, 2.24) is 14.9 Å². The van der Waals surface area contributed by atoms with Gasteiger partial charge in [-0.1, -0.05) is 11.6 Å². The summed E-state index contributed by atoms with van der Waals surface area (Å²) in [6.07, 6.45) is 5.79. The lowest BCUT2D eigenvalue weighted by atomic mass is 9.84. The van der Waals surface area contributed by atoms with Crippen LogP contribution in [-0.2, 0) is 9.59 Å². The van der Waals surface area contributed by atoms with Gasteiger partial charge in [0.1, 0.15) is 17.0 Å². The number of methoxy groups -OCH3 is 1. The van der Waals surface area contributed by atoms with E-state index in [9.17, 15) is 14.4 Å². The maximum atomic E-state index is 13.3. The SMILES string of the molecule is COc1ccc2oc(C(=O)Nc3ccc(Cl)cn3)c(NC(=O)C3CCC(N4CCCC4=O)CC3)c2n1. The fourth-order valence-corrected chi connectivity index (χ4v) is 5.01. The van der Waals surface area contributed by atoms with E-state index in [1.807, 2.05) is 4.90 Å². The molecule has 1 saturated heterocycles. The Morgan fingerprint density at radius 3 is 2.61 bits per heavy atom. The molecule has 1 saturated carbocycles. The van der Waals surface area contributed by atoms with Gasteiger partial charge in [0.2, 0.25) is 23.5 Å². The number of nitrogens with one attached hydrogen (secondary N) is 2. The smallest absolute Gasteiger partial charge is 0.294 e. The molecule has 5 rings (SSSR count). The van der Waals surface area contributed by atoms with Crippen LogP contribution < -0.4 is 15.4 Å².